The summed E-state index contributed by atoms with van der Waals surface area (Å²) in [6.45, 7) is 0. The van der Waals surface area contributed by atoms with Gasteiger partial charge in [-0.25, -0.2) is 0 Å². The van der Waals surface area contributed by atoms with Crippen molar-refractivity contribution < 1.29 is 4.79 Å². The van der Waals surface area contributed by atoms with E-state index in [0.717, 1.165) is 0 Å². The molecular weight excluding hydrogens is 355 g/mol. The topological polar surface area (TPSA) is 66.9 Å². The number of halogens is 2. The Kier molecular flexibility index (Phi) is 4.88. The van der Waals surface area contributed by atoms with Crippen molar-refractivity contribution >= 4 is 40.4 Å². The molecule has 25 heavy (non-hydrogen) atoms. The first-order valence-electron chi connectivity index (χ1n) is 7.51. The molecule has 3 nitrogen and oxygen atoms in total. The summed E-state index contributed by atoms with van der Waals surface area (Å²) < 4.78 is 0. The van der Waals surface area contributed by atoms with Crippen LogP contribution in [0.15, 0.2) is 66.7 Å². The van der Waals surface area contributed by atoms with Crippen molar-refractivity contribution in [3.8, 4) is 0 Å². The molecule has 0 aliphatic heterocycles. The summed E-state index contributed by atoms with van der Waals surface area (Å²) in [5.41, 5.74) is 8.07. The van der Waals surface area contributed by atoms with Gasteiger partial charge in [0, 0.05) is 27.9 Å². The Labute approximate surface area is 155 Å². The molecule has 0 amide bonds. The monoisotopic (exact) mass is 368 g/mol. The van der Waals surface area contributed by atoms with Crippen molar-refractivity contribution in [1.82, 2.24) is 0 Å². The van der Waals surface area contributed by atoms with Gasteiger partial charge in [-0.3, -0.25) is 10.2 Å². The summed E-state index contributed by atoms with van der Waals surface area (Å²) in [5, 5.41) is 9.26. The first kappa shape index (κ1) is 17.2. The van der Waals surface area contributed by atoms with Crippen LogP contribution in [0.5, 0.6) is 0 Å². The van der Waals surface area contributed by atoms with Crippen LogP contribution in [-0.2, 0) is 0 Å². The van der Waals surface area contributed by atoms with Gasteiger partial charge < -0.3 is 5.73 Å². The van der Waals surface area contributed by atoms with Gasteiger partial charge in [0.2, 0.25) is 0 Å². The molecule has 3 rings (SSSR count). The molecule has 124 valence electrons. The summed E-state index contributed by atoms with van der Waals surface area (Å²) in [4.78, 5) is 12.9. The van der Waals surface area contributed by atoms with E-state index in [9.17, 15) is 4.79 Å². The minimum atomic E-state index is -0.191. The number of ketones is 1. The van der Waals surface area contributed by atoms with E-state index in [-0.39, 0.29) is 11.5 Å². The Morgan fingerprint density at radius 3 is 2.12 bits per heavy atom. The number of rotatable bonds is 4. The maximum Gasteiger partial charge on any atom is 0.193 e. The maximum absolute atomic E-state index is 12.9. The number of carbonyl (C=O) groups is 1. The highest BCUT2D eigenvalue weighted by molar-refractivity contribution is 6.41. The fourth-order valence-electron chi connectivity index (χ4n) is 2.58. The van der Waals surface area contributed by atoms with E-state index in [1.54, 1.807) is 60.7 Å². The Bertz CT molecular complexity index is 948. The second kappa shape index (κ2) is 7.09. The first-order valence-corrected chi connectivity index (χ1v) is 8.27. The zero-order chi connectivity index (χ0) is 18.0. The molecule has 0 heterocycles. The molecule has 3 aromatic carbocycles. The van der Waals surface area contributed by atoms with Gasteiger partial charge in [-0.2, -0.15) is 0 Å². The molecular formula is C20H14Cl2N2O. The summed E-state index contributed by atoms with van der Waals surface area (Å²) in [6.07, 6.45) is 0. The van der Waals surface area contributed by atoms with E-state index in [0.29, 0.717) is 38.0 Å². The Morgan fingerprint density at radius 2 is 1.48 bits per heavy atom. The number of benzene rings is 3. The molecule has 0 aliphatic carbocycles. The van der Waals surface area contributed by atoms with Gasteiger partial charge in [0.05, 0.1) is 15.8 Å². The quantitative estimate of drug-likeness (QED) is 0.376. The fraction of sp³-hybridized carbons (Fsp3) is 0. The lowest BCUT2D eigenvalue weighted by Crippen LogP contribution is -2.12. The van der Waals surface area contributed by atoms with E-state index in [4.69, 9.17) is 34.3 Å². The molecule has 0 saturated heterocycles. The molecule has 0 bridgehead atoms. The SMILES string of the molecule is N=C(c1cc(N)ccc1C(=O)c1ccccc1)c1c(Cl)cccc1Cl. The molecule has 0 atom stereocenters. The van der Waals surface area contributed by atoms with Crippen molar-refractivity contribution in [3.63, 3.8) is 0 Å². The van der Waals surface area contributed by atoms with Crippen molar-refractivity contribution in [2.75, 3.05) is 5.73 Å². The van der Waals surface area contributed by atoms with Crippen LogP contribution in [0.25, 0.3) is 0 Å². The molecule has 0 radical (unpaired) electrons. The van der Waals surface area contributed by atoms with E-state index >= 15 is 0 Å². The number of nitrogens with one attached hydrogen (secondary N) is 1. The van der Waals surface area contributed by atoms with Crippen LogP contribution in [-0.4, -0.2) is 11.5 Å². The average Bonchev–Trinajstić information content (AvgIpc) is 2.61. The third-order valence-electron chi connectivity index (χ3n) is 3.81. The van der Waals surface area contributed by atoms with Crippen LogP contribution in [0.2, 0.25) is 10.0 Å². The zero-order valence-electron chi connectivity index (χ0n) is 13.1. The Morgan fingerprint density at radius 1 is 0.840 bits per heavy atom. The third-order valence-corrected chi connectivity index (χ3v) is 4.44. The second-order valence-electron chi connectivity index (χ2n) is 5.47. The number of nitrogens with two attached hydrogens (primary N) is 1. The van der Waals surface area contributed by atoms with Gasteiger partial charge in [-0.15, -0.1) is 0 Å². The van der Waals surface area contributed by atoms with Crippen LogP contribution in [0.1, 0.15) is 27.0 Å². The Hall–Kier alpha value is -2.62. The van der Waals surface area contributed by atoms with Crippen molar-refractivity contribution in [2.45, 2.75) is 0 Å². The highest BCUT2D eigenvalue weighted by Crippen LogP contribution is 2.29. The maximum atomic E-state index is 12.9. The molecule has 0 saturated carbocycles. The highest BCUT2D eigenvalue weighted by atomic mass is 35.5. The van der Waals surface area contributed by atoms with Crippen molar-refractivity contribution in [2.24, 2.45) is 0 Å². The van der Waals surface area contributed by atoms with Gasteiger partial charge in [0.25, 0.3) is 0 Å². The average molecular weight is 369 g/mol. The van der Waals surface area contributed by atoms with Crippen LogP contribution < -0.4 is 5.73 Å². The molecule has 0 aliphatic rings. The van der Waals surface area contributed by atoms with E-state index < -0.39 is 0 Å². The summed E-state index contributed by atoms with van der Waals surface area (Å²) in [5.74, 6) is -0.191. The lowest BCUT2D eigenvalue weighted by atomic mass is 9.92. The molecule has 0 aromatic heterocycles. The predicted molar refractivity (Wildman–Crippen MR) is 103 cm³/mol. The molecule has 5 heteroatoms. The van der Waals surface area contributed by atoms with Gasteiger partial charge in [0.1, 0.15) is 0 Å². The molecule has 0 fully saturated rings. The standard InChI is InChI=1S/C20H14Cl2N2O/c21-16-7-4-8-17(22)18(16)19(24)15-11-13(23)9-10-14(15)20(25)12-5-2-1-3-6-12/h1-11,24H,23H2. The lowest BCUT2D eigenvalue weighted by molar-refractivity contribution is 0.103. The molecule has 3 aromatic rings. The summed E-state index contributed by atoms with van der Waals surface area (Å²) in [7, 11) is 0. The zero-order valence-corrected chi connectivity index (χ0v) is 14.6. The highest BCUT2D eigenvalue weighted by Gasteiger charge is 2.20. The lowest BCUT2D eigenvalue weighted by Gasteiger charge is -2.14. The van der Waals surface area contributed by atoms with E-state index in [1.807, 2.05) is 6.07 Å². The van der Waals surface area contributed by atoms with Gasteiger partial charge >= 0.3 is 0 Å². The van der Waals surface area contributed by atoms with Crippen molar-refractivity contribution in [3.05, 3.63) is 99.0 Å². The normalized spacial score (nSPS) is 10.5. The number of hydrogen-bond donors (Lipinski definition) is 2. The minimum Gasteiger partial charge on any atom is -0.399 e. The number of nitrogen functional groups attached to an aromatic ring is 1. The van der Waals surface area contributed by atoms with E-state index in [2.05, 4.69) is 0 Å². The van der Waals surface area contributed by atoms with E-state index in [1.165, 1.54) is 0 Å². The summed E-state index contributed by atoms with van der Waals surface area (Å²) in [6, 6.07) is 18.8. The molecule has 3 N–H and O–H groups in total. The van der Waals surface area contributed by atoms with Crippen molar-refractivity contribution in [1.29, 1.82) is 5.41 Å². The number of hydrogen-bond acceptors (Lipinski definition) is 3. The van der Waals surface area contributed by atoms with Crippen LogP contribution in [0.3, 0.4) is 0 Å². The third kappa shape index (κ3) is 3.43. The molecule has 0 unspecified atom stereocenters. The predicted octanol–water partition coefficient (Wildman–Crippen LogP) is 5.22. The number of carbonyl (C=O) groups excluding carboxylic acids is 1. The smallest absolute Gasteiger partial charge is 0.193 e. The Balaban J connectivity index is 2.15. The first-order chi connectivity index (χ1) is 12.0. The molecule has 0 spiro atoms. The number of anilines is 1. The summed E-state index contributed by atoms with van der Waals surface area (Å²) >= 11 is 12.4. The largest absolute Gasteiger partial charge is 0.399 e. The minimum absolute atomic E-state index is 0.0576. The second-order valence-corrected chi connectivity index (χ2v) is 6.29. The van der Waals surface area contributed by atoms with Gasteiger partial charge in [-0.05, 0) is 30.3 Å². The fourth-order valence-corrected chi connectivity index (χ4v) is 3.17. The van der Waals surface area contributed by atoms with Crippen LogP contribution in [0, 0.1) is 5.41 Å². The van der Waals surface area contributed by atoms with Gasteiger partial charge in [-0.1, -0.05) is 59.6 Å². The van der Waals surface area contributed by atoms with Gasteiger partial charge in [0.15, 0.2) is 5.78 Å². The van der Waals surface area contributed by atoms with Crippen LogP contribution in [0.4, 0.5) is 5.69 Å². The van der Waals surface area contributed by atoms with Crippen LogP contribution >= 0.6 is 23.2 Å².